The maximum absolute atomic E-state index is 5.98. The molecule has 0 bridgehead atoms. The molecule has 0 aliphatic heterocycles. The van der Waals surface area contributed by atoms with E-state index in [0.717, 1.165) is 29.2 Å². The molecular formula is C19H37NOSi. The molecule has 0 spiro atoms. The first-order chi connectivity index (χ1) is 10.2. The zero-order valence-corrected chi connectivity index (χ0v) is 16.6. The van der Waals surface area contributed by atoms with E-state index in [1.165, 1.54) is 38.5 Å². The Morgan fingerprint density at radius 1 is 0.955 bits per heavy atom. The molecule has 128 valence electrons. The molecule has 3 aliphatic carbocycles. The van der Waals surface area contributed by atoms with Gasteiger partial charge in [-0.05, 0) is 69.2 Å². The molecule has 0 aromatic heterocycles. The minimum absolute atomic E-state index is 0.237. The molecule has 0 saturated heterocycles. The van der Waals surface area contributed by atoms with Crippen molar-refractivity contribution in [3.63, 3.8) is 0 Å². The highest BCUT2D eigenvalue weighted by Crippen LogP contribution is 2.58. The summed E-state index contributed by atoms with van der Waals surface area (Å²) in [6.07, 6.45) is 9.30. The highest BCUT2D eigenvalue weighted by Gasteiger charge is 2.54. The quantitative estimate of drug-likeness (QED) is 0.752. The lowest BCUT2D eigenvalue weighted by molar-refractivity contribution is 0.0258. The van der Waals surface area contributed by atoms with Crippen LogP contribution in [0.25, 0.3) is 0 Å². The van der Waals surface area contributed by atoms with Gasteiger partial charge in [-0.15, -0.1) is 0 Å². The molecule has 6 atom stereocenters. The number of nitrogens with one attached hydrogen (secondary N) is 1. The zero-order chi connectivity index (χ0) is 16.1. The van der Waals surface area contributed by atoms with Gasteiger partial charge in [0.2, 0.25) is 0 Å². The SMILES string of the molecule is COC1CC([Si](C)(C)NC(C)(C)C)C2C[C@H]3CCCC3CC12. The first-order valence-electron chi connectivity index (χ1n) is 9.53. The fourth-order valence-corrected chi connectivity index (χ4v) is 10.8. The minimum atomic E-state index is -1.45. The van der Waals surface area contributed by atoms with E-state index in [4.69, 9.17) is 4.74 Å². The Balaban J connectivity index is 1.80. The van der Waals surface area contributed by atoms with Crippen molar-refractivity contribution < 1.29 is 4.74 Å². The third kappa shape index (κ3) is 3.18. The molecule has 3 fully saturated rings. The number of hydrogen-bond donors (Lipinski definition) is 1. The number of ether oxygens (including phenoxy) is 1. The van der Waals surface area contributed by atoms with Crippen LogP contribution in [0.1, 0.15) is 59.3 Å². The Kier molecular flexibility index (Phi) is 4.55. The Labute approximate surface area is 138 Å². The Morgan fingerprint density at radius 2 is 1.55 bits per heavy atom. The van der Waals surface area contributed by atoms with Gasteiger partial charge >= 0.3 is 0 Å². The molecule has 3 saturated carbocycles. The van der Waals surface area contributed by atoms with Crippen molar-refractivity contribution in [3.8, 4) is 0 Å². The van der Waals surface area contributed by atoms with Crippen molar-refractivity contribution in [3.05, 3.63) is 0 Å². The molecular weight excluding hydrogens is 286 g/mol. The third-order valence-corrected chi connectivity index (χ3v) is 10.8. The van der Waals surface area contributed by atoms with Crippen LogP contribution in [0.3, 0.4) is 0 Å². The lowest BCUT2D eigenvalue weighted by Gasteiger charge is -2.44. The number of methoxy groups -OCH3 is 1. The molecule has 0 aromatic carbocycles. The average Bonchev–Trinajstić information content (AvgIpc) is 2.96. The van der Waals surface area contributed by atoms with E-state index in [9.17, 15) is 0 Å². The van der Waals surface area contributed by atoms with Crippen LogP contribution in [0.15, 0.2) is 0 Å². The van der Waals surface area contributed by atoms with Crippen LogP contribution in [-0.2, 0) is 4.74 Å². The molecule has 0 aromatic rings. The zero-order valence-electron chi connectivity index (χ0n) is 15.6. The third-order valence-electron chi connectivity index (χ3n) is 6.92. The van der Waals surface area contributed by atoms with Crippen molar-refractivity contribution >= 4 is 8.24 Å². The summed E-state index contributed by atoms with van der Waals surface area (Å²) >= 11 is 0. The van der Waals surface area contributed by atoms with Crippen LogP contribution in [0, 0.1) is 23.7 Å². The highest BCUT2D eigenvalue weighted by atomic mass is 28.3. The van der Waals surface area contributed by atoms with Crippen molar-refractivity contribution in [1.82, 2.24) is 4.98 Å². The van der Waals surface area contributed by atoms with Gasteiger partial charge in [0.15, 0.2) is 0 Å². The lowest BCUT2D eigenvalue weighted by atomic mass is 9.70. The van der Waals surface area contributed by atoms with Crippen LogP contribution >= 0.6 is 0 Å². The first-order valence-corrected chi connectivity index (χ1v) is 12.6. The van der Waals surface area contributed by atoms with Gasteiger partial charge in [0.05, 0.1) is 6.10 Å². The Bertz CT molecular complexity index is 403. The molecule has 0 amide bonds. The second-order valence-corrected chi connectivity index (χ2v) is 14.4. The van der Waals surface area contributed by atoms with Crippen molar-refractivity contribution in [2.24, 2.45) is 23.7 Å². The average molecular weight is 324 g/mol. The van der Waals surface area contributed by atoms with Crippen LogP contribution in [0.4, 0.5) is 0 Å². The summed E-state index contributed by atoms with van der Waals surface area (Å²) in [6.45, 7) is 12.1. The molecule has 5 unspecified atom stereocenters. The predicted molar refractivity (Wildman–Crippen MR) is 96.6 cm³/mol. The summed E-state index contributed by atoms with van der Waals surface area (Å²) in [6, 6.07) is 0. The number of fused-ring (bicyclic) bond motifs is 2. The topological polar surface area (TPSA) is 21.3 Å². The monoisotopic (exact) mass is 323 g/mol. The second-order valence-electron chi connectivity index (χ2n) is 9.96. The maximum Gasteiger partial charge on any atom is 0.123 e. The summed E-state index contributed by atoms with van der Waals surface area (Å²) in [5.74, 6) is 3.85. The highest BCUT2D eigenvalue weighted by molar-refractivity contribution is 6.76. The van der Waals surface area contributed by atoms with Crippen molar-refractivity contribution in [2.45, 2.75) is 89.6 Å². The van der Waals surface area contributed by atoms with Gasteiger partial charge in [0, 0.05) is 12.6 Å². The van der Waals surface area contributed by atoms with Gasteiger partial charge < -0.3 is 9.72 Å². The fourth-order valence-electron chi connectivity index (χ4n) is 6.43. The first kappa shape index (κ1) is 17.0. The van der Waals surface area contributed by atoms with Gasteiger partial charge in [-0.3, -0.25) is 0 Å². The van der Waals surface area contributed by atoms with E-state index in [1.807, 2.05) is 7.11 Å². The van der Waals surface area contributed by atoms with Crippen LogP contribution in [0.2, 0.25) is 18.6 Å². The van der Waals surface area contributed by atoms with E-state index in [2.05, 4.69) is 38.8 Å². The summed E-state index contributed by atoms with van der Waals surface area (Å²) in [5, 5.41) is 0. The van der Waals surface area contributed by atoms with E-state index >= 15 is 0 Å². The second kappa shape index (κ2) is 5.89. The summed E-state index contributed by atoms with van der Waals surface area (Å²) in [5.41, 5.74) is 1.13. The molecule has 2 nitrogen and oxygen atoms in total. The largest absolute Gasteiger partial charge is 0.381 e. The molecule has 3 aliphatic rings. The van der Waals surface area contributed by atoms with Crippen molar-refractivity contribution in [2.75, 3.05) is 7.11 Å². The van der Waals surface area contributed by atoms with E-state index in [-0.39, 0.29) is 5.54 Å². The lowest BCUT2D eigenvalue weighted by Crippen LogP contribution is -2.58. The molecule has 22 heavy (non-hydrogen) atoms. The van der Waals surface area contributed by atoms with Crippen LogP contribution in [-0.4, -0.2) is 27.0 Å². The van der Waals surface area contributed by atoms with E-state index < -0.39 is 8.24 Å². The normalized spacial score (nSPS) is 42.3. The van der Waals surface area contributed by atoms with E-state index in [0.29, 0.717) is 6.10 Å². The summed E-state index contributed by atoms with van der Waals surface area (Å²) < 4.78 is 5.98. The molecule has 1 N–H and O–H groups in total. The predicted octanol–water partition coefficient (Wildman–Crippen LogP) is 4.81. The summed E-state index contributed by atoms with van der Waals surface area (Å²) in [7, 11) is 0.509. The van der Waals surface area contributed by atoms with Gasteiger partial charge in [-0.25, -0.2) is 0 Å². The smallest absolute Gasteiger partial charge is 0.123 e. The molecule has 3 heteroatoms. The Hall–Kier alpha value is 0.137. The molecule has 0 heterocycles. The molecule has 0 radical (unpaired) electrons. The van der Waals surface area contributed by atoms with Crippen LogP contribution < -0.4 is 4.98 Å². The van der Waals surface area contributed by atoms with E-state index in [1.54, 1.807) is 0 Å². The fraction of sp³-hybridized carbons (Fsp3) is 1.00. The van der Waals surface area contributed by atoms with Gasteiger partial charge in [0.1, 0.15) is 8.24 Å². The molecule has 3 rings (SSSR count). The van der Waals surface area contributed by atoms with Crippen molar-refractivity contribution in [1.29, 1.82) is 0 Å². The Morgan fingerprint density at radius 3 is 2.09 bits per heavy atom. The van der Waals surface area contributed by atoms with Gasteiger partial charge in [-0.1, -0.05) is 32.4 Å². The number of rotatable bonds is 3. The van der Waals surface area contributed by atoms with Crippen LogP contribution in [0.5, 0.6) is 0 Å². The van der Waals surface area contributed by atoms with Gasteiger partial charge in [0.25, 0.3) is 0 Å². The van der Waals surface area contributed by atoms with Gasteiger partial charge in [-0.2, -0.15) is 0 Å². The standard InChI is InChI=1S/C19H37NOSi/c1-19(2,3)20-22(5,6)18-12-17(21-4)15-10-13-8-7-9-14(13)11-16(15)18/h13-18,20H,7-12H2,1-6H3/t13?,14-,15?,16?,17?,18?/m1/s1. The summed E-state index contributed by atoms with van der Waals surface area (Å²) in [4.78, 5) is 4.06. The number of hydrogen-bond acceptors (Lipinski definition) is 2. The maximum atomic E-state index is 5.98. The minimum Gasteiger partial charge on any atom is -0.381 e.